The number of nitrogens with zero attached hydrogens (tertiary/aromatic N) is 1. The van der Waals surface area contributed by atoms with Crippen LogP contribution in [0.5, 0.6) is 0 Å². The lowest BCUT2D eigenvalue weighted by Crippen LogP contribution is -2.44. The molecule has 0 radical (unpaired) electrons. The third-order valence-electron chi connectivity index (χ3n) is 3.96. The standard InChI is InChI=1S/C14H24N2O5/c1-16(9-11-4-2-3-7-20-11)14(19)15-8-10-5-6-12(21-10)13(17)18/h10-12H,2-9H2,1H3,(H,15,19)(H,17,18). The van der Waals surface area contributed by atoms with Crippen LogP contribution in [0, 0.1) is 0 Å². The highest BCUT2D eigenvalue weighted by atomic mass is 16.5. The van der Waals surface area contributed by atoms with Gasteiger partial charge in [-0.15, -0.1) is 0 Å². The van der Waals surface area contributed by atoms with Crippen LogP contribution in [0.25, 0.3) is 0 Å². The largest absolute Gasteiger partial charge is 0.479 e. The first-order chi connectivity index (χ1) is 10.1. The molecular formula is C14H24N2O5. The monoisotopic (exact) mass is 300 g/mol. The van der Waals surface area contributed by atoms with E-state index >= 15 is 0 Å². The van der Waals surface area contributed by atoms with Crippen LogP contribution in [-0.4, -0.2) is 67.1 Å². The molecule has 2 fully saturated rings. The molecule has 2 aliphatic rings. The predicted molar refractivity (Wildman–Crippen MR) is 75.2 cm³/mol. The van der Waals surface area contributed by atoms with Gasteiger partial charge in [0.25, 0.3) is 0 Å². The smallest absolute Gasteiger partial charge is 0.332 e. The highest BCUT2D eigenvalue weighted by Gasteiger charge is 2.30. The number of hydrogen-bond donors (Lipinski definition) is 2. The molecule has 0 aromatic rings. The number of nitrogens with one attached hydrogen (secondary N) is 1. The molecule has 0 aliphatic carbocycles. The maximum absolute atomic E-state index is 12.0. The summed E-state index contributed by atoms with van der Waals surface area (Å²) in [5.74, 6) is -0.935. The van der Waals surface area contributed by atoms with Gasteiger partial charge in [-0.2, -0.15) is 0 Å². The Morgan fingerprint density at radius 1 is 1.24 bits per heavy atom. The van der Waals surface area contributed by atoms with Crippen molar-refractivity contribution in [2.75, 3.05) is 26.7 Å². The average molecular weight is 300 g/mol. The number of rotatable bonds is 5. The summed E-state index contributed by atoms with van der Waals surface area (Å²) in [7, 11) is 1.74. The van der Waals surface area contributed by atoms with Crippen molar-refractivity contribution >= 4 is 12.0 Å². The maximum Gasteiger partial charge on any atom is 0.332 e. The molecule has 0 aromatic carbocycles. The van der Waals surface area contributed by atoms with Crippen LogP contribution in [0.1, 0.15) is 32.1 Å². The first kappa shape index (κ1) is 16.0. The van der Waals surface area contributed by atoms with Gasteiger partial charge in [-0.1, -0.05) is 0 Å². The number of carboxylic acids is 1. The number of aliphatic carboxylic acids is 1. The van der Waals surface area contributed by atoms with Gasteiger partial charge in [-0.3, -0.25) is 0 Å². The first-order valence-electron chi connectivity index (χ1n) is 7.55. The van der Waals surface area contributed by atoms with E-state index in [1.807, 2.05) is 0 Å². The molecule has 2 heterocycles. The van der Waals surface area contributed by atoms with Crippen molar-refractivity contribution in [3.05, 3.63) is 0 Å². The molecule has 0 bridgehead atoms. The van der Waals surface area contributed by atoms with Gasteiger partial charge >= 0.3 is 12.0 Å². The lowest BCUT2D eigenvalue weighted by Gasteiger charge is -2.27. The van der Waals surface area contributed by atoms with E-state index in [4.69, 9.17) is 14.6 Å². The quantitative estimate of drug-likeness (QED) is 0.785. The number of hydrogen-bond acceptors (Lipinski definition) is 4. The van der Waals surface area contributed by atoms with Crippen LogP contribution >= 0.6 is 0 Å². The summed E-state index contributed by atoms with van der Waals surface area (Å²) >= 11 is 0. The summed E-state index contributed by atoms with van der Waals surface area (Å²) in [5, 5.41) is 11.6. The molecule has 3 unspecified atom stereocenters. The van der Waals surface area contributed by atoms with Crippen molar-refractivity contribution in [3.63, 3.8) is 0 Å². The lowest BCUT2D eigenvalue weighted by atomic mass is 10.1. The Labute approximate surface area is 124 Å². The molecular weight excluding hydrogens is 276 g/mol. The van der Waals surface area contributed by atoms with Crippen LogP contribution in [0.15, 0.2) is 0 Å². The van der Waals surface area contributed by atoms with Crippen LogP contribution in [0.4, 0.5) is 4.79 Å². The van der Waals surface area contributed by atoms with Crippen molar-refractivity contribution in [2.24, 2.45) is 0 Å². The highest BCUT2D eigenvalue weighted by molar-refractivity contribution is 5.74. The average Bonchev–Trinajstić information content (AvgIpc) is 2.95. The second-order valence-electron chi connectivity index (χ2n) is 5.72. The van der Waals surface area contributed by atoms with Crippen molar-refractivity contribution in [1.82, 2.24) is 10.2 Å². The maximum atomic E-state index is 12.0. The molecule has 2 saturated heterocycles. The molecule has 7 heteroatoms. The lowest BCUT2D eigenvalue weighted by molar-refractivity contribution is -0.149. The predicted octanol–water partition coefficient (Wildman–Crippen LogP) is 0.829. The fourth-order valence-corrected chi connectivity index (χ4v) is 2.71. The summed E-state index contributed by atoms with van der Waals surface area (Å²) in [6, 6.07) is -0.174. The highest BCUT2D eigenvalue weighted by Crippen LogP contribution is 2.19. The number of amides is 2. The zero-order chi connectivity index (χ0) is 15.2. The van der Waals surface area contributed by atoms with Gasteiger partial charge in [-0.05, 0) is 32.1 Å². The van der Waals surface area contributed by atoms with E-state index in [9.17, 15) is 9.59 Å². The third-order valence-corrected chi connectivity index (χ3v) is 3.96. The Bertz CT molecular complexity index is 370. The molecule has 120 valence electrons. The van der Waals surface area contributed by atoms with Gasteiger partial charge in [0.1, 0.15) is 0 Å². The van der Waals surface area contributed by atoms with E-state index in [0.717, 1.165) is 25.9 Å². The third kappa shape index (κ3) is 4.86. The molecule has 21 heavy (non-hydrogen) atoms. The Morgan fingerprint density at radius 3 is 2.67 bits per heavy atom. The minimum atomic E-state index is -0.935. The zero-order valence-electron chi connectivity index (χ0n) is 12.4. The molecule has 2 amide bonds. The molecule has 3 atom stereocenters. The van der Waals surface area contributed by atoms with Gasteiger partial charge in [0.2, 0.25) is 0 Å². The van der Waals surface area contributed by atoms with E-state index in [2.05, 4.69) is 5.32 Å². The van der Waals surface area contributed by atoms with Crippen LogP contribution in [-0.2, 0) is 14.3 Å². The number of carbonyl (C=O) groups excluding carboxylic acids is 1. The van der Waals surface area contributed by atoms with Gasteiger partial charge in [-0.25, -0.2) is 9.59 Å². The second kappa shape index (κ2) is 7.61. The molecule has 2 N–H and O–H groups in total. The minimum Gasteiger partial charge on any atom is -0.479 e. The Morgan fingerprint density at radius 2 is 2.05 bits per heavy atom. The van der Waals surface area contributed by atoms with E-state index in [1.54, 1.807) is 11.9 Å². The van der Waals surface area contributed by atoms with E-state index in [-0.39, 0.29) is 18.2 Å². The molecule has 0 aromatic heterocycles. The van der Waals surface area contributed by atoms with Gasteiger partial charge in [0.15, 0.2) is 6.10 Å². The summed E-state index contributed by atoms with van der Waals surface area (Å²) < 4.78 is 11.0. The number of ether oxygens (including phenoxy) is 2. The molecule has 7 nitrogen and oxygen atoms in total. The fraction of sp³-hybridized carbons (Fsp3) is 0.857. The van der Waals surface area contributed by atoms with Crippen molar-refractivity contribution < 1.29 is 24.2 Å². The second-order valence-corrected chi connectivity index (χ2v) is 5.72. The van der Waals surface area contributed by atoms with Crippen molar-refractivity contribution in [3.8, 4) is 0 Å². The van der Waals surface area contributed by atoms with Crippen LogP contribution < -0.4 is 5.32 Å². The van der Waals surface area contributed by atoms with Gasteiger partial charge in [0.05, 0.1) is 12.2 Å². The van der Waals surface area contributed by atoms with E-state index in [0.29, 0.717) is 25.9 Å². The van der Waals surface area contributed by atoms with Crippen LogP contribution in [0.3, 0.4) is 0 Å². The number of carbonyl (C=O) groups is 2. The van der Waals surface area contributed by atoms with E-state index in [1.165, 1.54) is 0 Å². The minimum absolute atomic E-state index is 0.119. The van der Waals surface area contributed by atoms with Crippen LogP contribution in [0.2, 0.25) is 0 Å². The van der Waals surface area contributed by atoms with Gasteiger partial charge < -0.3 is 24.8 Å². The molecule has 2 rings (SSSR count). The number of carboxylic acid groups (broad SMARTS) is 1. The summed E-state index contributed by atoms with van der Waals surface area (Å²) in [4.78, 5) is 24.4. The fourth-order valence-electron chi connectivity index (χ4n) is 2.71. The molecule has 2 aliphatic heterocycles. The molecule has 0 saturated carbocycles. The normalized spacial score (nSPS) is 29.1. The summed E-state index contributed by atoms with van der Waals surface area (Å²) in [5.41, 5.74) is 0. The summed E-state index contributed by atoms with van der Waals surface area (Å²) in [6.45, 7) is 1.69. The first-order valence-corrected chi connectivity index (χ1v) is 7.55. The topological polar surface area (TPSA) is 88.1 Å². The Balaban J connectivity index is 1.65. The Hall–Kier alpha value is -1.34. The van der Waals surface area contributed by atoms with Gasteiger partial charge in [0, 0.05) is 26.7 Å². The zero-order valence-corrected chi connectivity index (χ0v) is 12.4. The summed E-state index contributed by atoms with van der Waals surface area (Å²) in [6.07, 6.45) is 3.56. The van der Waals surface area contributed by atoms with Crippen molar-refractivity contribution in [1.29, 1.82) is 0 Å². The Kier molecular flexibility index (Phi) is 5.81. The number of urea groups is 1. The number of likely N-dealkylation sites (N-methyl/N-ethyl adjacent to an activating group) is 1. The SMILES string of the molecule is CN(CC1CCCCO1)C(=O)NCC1CCC(C(=O)O)O1. The molecule has 0 spiro atoms. The van der Waals surface area contributed by atoms with Crippen molar-refractivity contribution in [2.45, 2.75) is 50.4 Å². The van der Waals surface area contributed by atoms with E-state index < -0.39 is 12.1 Å².